The van der Waals surface area contributed by atoms with Crippen molar-refractivity contribution >= 4 is 24.8 Å². The van der Waals surface area contributed by atoms with E-state index in [-0.39, 0.29) is 11.4 Å². The molecule has 0 atom stereocenters. The van der Waals surface area contributed by atoms with Crippen molar-refractivity contribution in [1.29, 1.82) is 5.26 Å². The number of carbonyl (C=O) groups is 1. The minimum absolute atomic E-state index is 0.112. The van der Waals surface area contributed by atoms with Crippen LogP contribution in [-0.2, 0) is 11.5 Å². The first-order valence-corrected chi connectivity index (χ1v) is 12.4. The Morgan fingerprint density at radius 1 is 1.31 bits per heavy atom. The van der Waals surface area contributed by atoms with Crippen LogP contribution in [0, 0.1) is 11.3 Å². The van der Waals surface area contributed by atoms with Crippen molar-refractivity contribution in [1.82, 2.24) is 9.47 Å². The minimum atomic E-state index is -1.17. The Bertz CT molecular complexity index is 854. The van der Waals surface area contributed by atoms with Gasteiger partial charge in [0.25, 0.3) is 0 Å². The Kier molecular flexibility index (Phi) is 6.40. The van der Waals surface area contributed by atoms with Crippen molar-refractivity contribution in [2.24, 2.45) is 0 Å². The summed E-state index contributed by atoms with van der Waals surface area (Å²) in [5, 5.41) is 10.3. The largest absolute Gasteiger partial charge is 0.382 e. The SMILES string of the molecule is CN(C)/C=C(\C#N)C(=O)c1cc2ccccc2n1COCC[Si](C)(C)C. The molecule has 1 aromatic heterocycles. The van der Waals surface area contributed by atoms with E-state index in [0.29, 0.717) is 19.0 Å². The van der Waals surface area contributed by atoms with Gasteiger partial charge in [-0.1, -0.05) is 37.8 Å². The quantitative estimate of drug-likeness (QED) is 0.231. The molecule has 0 radical (unpaired) electrons. The van der Waals surface area contributed by atoms with E-state index in [1.807, 2.05) is 41.0 Å². The van der Waals surface area contributed by atoms with Crippen molar-refractivity contribution in [3.8, 4) is 6.07 Å². The number of aromatic nitrogens is 1. The first-order chi connectivity index (χ1) is 12.2. The molecule has 0 aliphatic heterocycles. The number of hydrogen-bond acceptors (Lipinski definition) is 4. The number of Topliss-reactive ketones (excluding diaryl/α,β-unsaturated/α-hetero) is 1. The van der Waals surface area contributed by atoms with E-state index >= 15 is 0 Å². The van der Waals surface area contributed by atoms with E-state index in [2.05, 4.69) is 19.6 Å². The van der Waals surface area contributed by atoms with Crippen LogP contribution in [0.3, 0.4) is 0 Å². The molecule has 0 amide bonds. The first-order valence-electron chi connectivity index (χ1n) is 8.72. The third-order valence-electron chi connectivity index (χ3n) is 4.01. The lowest BCUT2D eigenvalue weighted by atomic mass is 10.1. The second kappa shape index (κ2) is 8.34. The number of carbonyl (C=O) groups excluding carboxylic acids is 1. The number of allylic oxidation sites excluding steroid dienone is 1. The van der Waals surface area contributed by atoms with Crippen molar-refractivity contribution < 1.29 is 9.53 Å². The topological polar surface area (TPSA) is 58.3 Å². The summed E-state index contributed by atoms with van der Waals surface area (Å²) in [6.07, 6.45) is 1.55. The summed E-state index contributed by atoms with van der Waals surface area (Å²) in [4.78, 5) is 14.6. The minimum Gasteiger partial charge on any atom is -0.382 e. The summed E-state index contributed by atoms with van der Waals surface area (Å²) in [7, 11) is 2.41. The number of benzene rings is 1. The van der Waals surface area contributed by atoms with Crippen molar-refractivity contribution in [2.75, 3.05) is 20.7 Å². The molecule has 6 heteroatoms. The number of nitrogens with zero attached hydrogens (tertiary/aromatic N) is 3. The predicted molar refractivity (Wildman–Crippen MR) is 108 cm³/mol. The van der Waals surface area contributed by atoms with Crippen LogP contribution in [0.25, 0.3) is 10.9 Å². The molecule has 2 rings (SSSR count). The molecule has 5 nitrogen and oxygen atoms in total. The molecule has 0 N–H and O–H groups in total. The number of para-hydroxylation sites is 1. The molecule has 2 aromatic rings. The van der Waals surface area contributed by atoms with Gasteiger partial charge in [-0.3, -0.25) is 4.79 Å². The first kappa shape index (κ1) is 20.0. The fourth-order valence-electron chi connectivity index (χ4n) is 2.61. The van der Waals surface area contributed by atoms with Gasteiger partial charge in [0.15, 0.2) is 0 Å². The third kappa shape index (κ3) is 5.07. The van der Waals surface area contributed by atoms with Gasteiger partial charge in [-0.15, -0.1) is 0 Å². The Morgan fingerprint density at radius 3 is 2.62 bits per heavy atom. The maximum Gasteiger partial charge on any atom is 0.221 e. The van der Waals surface area contributed by atoms with Gasteiger partial charge in [0, 0.05) is 40.4 Å². The molecule has 1 aromatic carbocycles. The van der Waals surface area contributed by atoms with E-state index in [0.717, 1.165) is 16.9 Å². The molecule has 26 heavy (non-hydrogen) atoms. The summed E-state index contributed by atoms with van der Waals surface area (Å²) in [6.45, 7) is 7.90. The van der Waals surface area contributed by atoms with E-state index in [1.165, 1.54) is 0 Å². The van der Waals surface area contributed by atoms with E-state index < -0.39 is 8.07 Å². The molecule has 0 bridgehead atoms. The highest BCUT2D eigenvalue weighted by Gasteiger charge is 2.20. The molecule has 138 valence electrons. The van der Waals surface area contributed by atoms with Gasteiger partial charge in [-0.2, -0.15) is 5.26 Å². The highest BCUT2D eigenvalue weighted by Crippen LogP contribution is 2.22. The average Bonchev–Trinajstić information content (AvgIpc) is 2.93. The maximum absolute atomic E-state index is 12.9. The number of ketones is 1. The molecule has 0 aliphatic carbocycles. The highest BCUT2D eigenvalue weighted by atomic mass is 28.3. The summed E-state index contributed by atoms with van der Waals surface area (Å²) in [5.74, 6) is -0.286. The molecule has 0 aliphatic rings. The Labute approximate surface area is 156 Å². The summed E-state index contributed by atoms with van der Waals surface area (Å²) in [6, 6.07) is 12.7. The fourth-order valence-corrected chi connectivity index (χ4v) is 3.36. The van der Waals surface area contributed by atoms with Crippen molar-refractivity contribution in [2.45, 2.75) is 32.4 Å². The fraction of sp³-hybridized carbons (Fsp3) is 0.400. The number of hydrogen-bond donors (Lipinski definition) is 0. The molecule has 0 unspecified atom stereocenters. The lowest BCUT2D eigenvalue weighted by Gasteiger charge is -2.16. The van der Waals surface area contributed by atoms with Gasteiger partial charge in [-0.25, -0.2) is 0 Å². The Balaban J connectivity index is 2.34. The maximum atomic E-state index is 12.9. The molecule has 0 fully saturated rings. The molecule has 0 saturated heterocycles. The molecular weight excluding hydrogens is 342 g/mol. The van der Waals surface area contributed by atoms with E-state index in [9.17, 15) is 10.1 Å². The Hall–Kier alpha value is -2.36. The lowest BCUT2D eigenvalue weighted by molar-refractivity contribution is 0.0842. The summed E-state index contributed by atoms with van der Waals surface area (Å²) >= 11 is 0. The molecule has 1 heterocycles. The van der Waals surface area contributed by atoms with Crippen LogP contribution in [0.2, 0.25) is 25.7 Å². The molecular formula is C20H27N3O2Si. The van der Waals surface area contributed by atoms with Crippen LogP contribution in [-0.4, -0.2) is 44.0 Å². The van der Waals surface area contributed by atoms with Crippen LogP contribution in [0.5, 0.6) is 0 Å². The number of rotatable bonds is 8. The van der Waals surface area contributed by atoms with Gasteiger partial charge < -0.3 is 14.2 Å². The van der Waals surface area contributed by atoms with Crippen LogP contribution in [0.1, 0.15) is 10.5 Å². The molecule has 0 spiro atoms. The average molecular weight is 370 g/mol. The van der Waals surface area contributed by atoms with E-state index in [1.54, 1.807) is 25.2 Å². The standard InChI is InChI=1S/C20H27N3O2Si/c1-22(2)14-17(13-21)20(24)19-12-16-8-6-7-9-18(16)23(19)15-25-10-11-26(3,4)5/h6-9,12,14H,10-11,15H2,1-5H3/b17-14+. The lowest BCUT2D eigenvalue weighted by Crippen LogP contribution is -2.22. The second-order valence-corrected chi connectivity index (χ2v) is 13.4. The zero-order valence-corrected chi connectivity index (χ0v) is 17.2. The Morgan fingerprint density at radius 2 is 2.00 bits per heavy atom. The van der Waals surface area contributed by atoms with Gasteiger partial charge in [-0.05, 0) is 18.2 Å². The third-order valence-corrected chi connectivity index (χ3v) is 5.72. The number of nitriles is 1. The van der Waals surface area contributed by atoms with Gasteiger partial charge >= 0.3 is 0 Å². The van der Waals surface area contributed by atoms with Gasteiger partial charge in [0.1, 0.15) is 18.4 Å². The monoisotopic (exact) mass is 369 g/mol. The van der Waals surface area contributed by atoms with Crippen LogP contribution < -0.4 is 0 Å². The van der Waals surface area contributed by atoms with Crippen LogP contribution in [0.15, 0.2) is 42.1 Å². The predicted octanol–water partition coefficient (Wildman–Crippen LogP) is 4.11. The summed E-state index contributed by atoms with van der Waals surface area (Å²) < 4.78 is 7.74. The van der Waals surface area contributed by atoms with Crippen molar-refractivity contribution in [3.05, 3.63) is 47.8 Å². The zero-order chi connectivity index (χ0) is 19.3. The van der Waals surface area contributed by atoms with Gasteiger partial charge in [0.05, 0.1) is 11.2 Å². The van der Waals surface area contributed by atoms with Crippen LogP contribution >= 0.6 is 0 Å². The normalized spacial score (nSPS) is 12.2. The number of ether oxygens (including phenoxy) is 1. The smallest absolute Gasteiger partial charge is 0.221 e. The van der Waals surface area contributed by atoms with Crippen LogP contribution in [0.4, 0.5) is 0 Å². The summed E-state index contributed by atoms with van der Waals surface area (Å²) in [5.41, 5.74) is 1.53. The highest BCUT2D eigenvalue weighted by molar-refractivity contribution is 6.76. The van der Waals surface area contributed by atoms with E-state index in [4.69, 9.17) is 4.74 Å². The van der Waals surface area contributed by atoms with Crippen molar-refractivity contribution in [3.63, 3.8) is 0 Å². The second-order valence-electron chi connectivity index (χ2n) is 7.81. The zero-order valence-electron chi connectivity index (χ0n) is 16.2. The van der Waals surface area contributed by atoms with Gasteiger partial charge in [0.2, 0.25) is 5.78 Å². The number of fused-ring (bicyclic) bond motifs is 1. The molecule has 0 saturated carbocycles.